The first-order valence-electron chi connectivity index (χ1n) is 8.92. The Bertz CT molecular complexity index is 1020. The van der Waals surface area contributed by atoms with E-state index in [0.29, 0.717) is 15.9 Å². The lowest BCUT2D eigenvalue weighted by atomic mass is 9.97. The van der Waals surface area contributed by atoms with Gasteiger partial charge in [-0.1, -0.05) is 24.3 Å². The molecule has 2 heterocycles. The molecule has 0 saturated heterocycles. The Morgan fingerprint density at radius 2 is 2.00 bits per heavy atom. The van der Waals surface area contributed by atoms with Gasteiger partial charge in [-0.25, -0.2) is 4.68 Å². The standard InChI is InChI=1S/C19H20N4O2S/c1-2-12-7-9-13(10-8-12)20-16(24)11-23-19(25)17-14-5-3-4-6-15(14)26-18(17)21-22-23/h7-10H,2-6,11H2,1H3,(H,20,24). The van der Waals surface area contributed by atoms with E-state index < -0.39 is 0 Å². The predicted molar refractivity (Wildman–Crippen MR) is 103 cm³/mol. The number of hydrogen-bond donors (Lipinski definition) is 1. The lowest BCUT2D eigenvalue weighted by molar-refractivity contribution is -0.117. The van der Waals surface area contributed by atoms with Crippen molar-refractivity contribution < 1.29 is 4.79 Å². The number of carbonyl (C=O) groups excluding carboxylic acids is 1. The topological polar surface area (TPSA) is 76.9 Å². The van der Waals surface area contributed by atoms with Crippen molar-refractivity contribution in [2.45, 2.75) is 45.6 Å². The summed E-state index contributed by atoms with van der Waals surface area (Å²) in [5.74, 6) is -0.283. The summed E-state index contributed by atoms with van der Waals surface area (Å²) in [6, 6.07) is 7.68. The first-order chi connectivity index (χ1) is 12.7. The molecular weight excluding hydrogens is 348 g/mol. The summed E-state index contributed by atoms with van der Waals surface area (Å²) in [7, 11) is 0. The normalized spacial score (nSPS) is 13.6. The van der Waals surface area contributed by atoms with Gasteiger partial charge in [-0.3, -0.25) is 9.59 Å². The van der Waals surface area contributed by atoms with Crippen LogP contribution in [0.1, 0.15) is 35.8 Å². The predicted octanol–water partition coefficient (Wildman–Crippen LogP) is 2.93. The Morgan fingerprint density at radius 1 is 1.23 bits per heavy atom. The third-order valence-corrected chi connectivity index (χ3v) is 5.96. The number of aromatic nitrogens is 3. The maximum absolute atomic E-state index is 12.8. The molecule has 0 fully saturated rings. The molecule has 0 unspecified atom stereocenters. The highest BCUT2D eigenvalue weighted by Crippen LogP contribution is 2.33. The minimum atomic E-state index is -0.283. The largest absolute Gasteiger partial charge is 0.324 e. The SMILES string of the molecule is CCc1ccc(NC(=O)Cn2nnc3sc4c(c3c2=O)CCCC4)cc1. The first-order valence-corrected chi connectivity index (χ1v) is 9.74. The number of hydrogen-bond acceptors (Lipinski definition) is 5. The van der Waals surface area contributed by atoms with Gasteiger partial charge in [0.15, 0.2) is 4.83 Å². The number of thiophene rings is 1. The van der Waals surface area contributed by atoms with E-state index in [-0.39, 0.29) is 18.0 Å². The second-order valence-corrected chi connectivity index (χ2v) is 7.63. The summed E-state index contributed by atoms with van der Waals surface area (Å²) in [6.45, 7) is 1.94. The maximum Gasteiger partial charge on any atom is 0.279 e. The maximum atomic E-state index is 12.8. The van der Waals surface area contributed by atoms with Crippen LogP contribution in [0.5, 0.6) is 0 Å². The van der Waals surface area contributed by atoms with Crippen LogP contribution in [0.15, 0.2) is 29.1 Å². The third kappa shape index (κ3) is 3.14. The molecule has 0 bridgehead atoms. The molecule has 1 N–H and O–H groups in total. The zero-order valence-electron chi connectivity index (χ0n) is 14.6. The second-order valence-electron chi connectivity index (χ2n) is 6.54. The molecule has 1 aliphatic rings. The van der Waals surface area contributed by atoms with Gasteiger partial charge < -0.3 is 5.32 Å². The van der Waals surface area contributed by atoms with Gasteiger partial charge in [-0.2, -0.15) is 0 Å². The van der Waals surface area contributed by atoms with Crippen molar-refractivity contribution in [2.75, 3.05) is 5.32 Å². The van der Waals surface area contributed by atoms with Crippen LogP contribution in [0.4, 0.5) is 5.69 Å². The molecule has 1 aromatic carbocycles. The molecule has 7 heteroatoms. The van der Waals surface area contributed by atoms with Crippen LogP contribution in [0.2, 0.25) is 0 Å². The molecule has 3 aromatic rings. The van der Waals surface area contributed by atoms with E-state index in [1.807, 2.05) is 24.3 Å². The molecule has 1 aliphatic carbocycles. The average molecular weight is 368 g/mol. The molecule has 4 rings (SSSR count). The average Bonchev–Trinajstić information content (AvgIpc) is 3.04. The van der Waals surface area contributed by atoms with Crippen molar-refractivity contribution in [3.63, 3.8) is 0 Å². The van der Waals surface area contributed by atoms with E-state index in [2.05, 4.69) is 22.6 Å². The van der Waals surface area contributed by atoms with Crippen molar-refractivity contribution in [3.8, 4) is 0 Å². The second kappa shape index (κ2) is 6.99. The molecule has 0 aliphatic heterocycles. The Balaban J connectivity index is 1.57. The number of nitrogens with one attached hydrogen (secondary N) is 1. The number of carbonyl (C=O) groups is 1. The molecule has 0 spiro atoms. The Labute approximate surface area is 154 Å². The molecule has 134 valence electrons. The number of rotatable bonds is 4. The summed E-state index contributed by atoms with van der Waals surface area (Å²) in [6.07, 6.45) is 5.11. The van der Waals surface area contributed by atoms with Gasteiger partial charge in [0.2, 0.25) is 5.91 Å². The summed E-state index contributed by atoms with van der Waals surface area (Å²) < 4.78 is 1.17. The summed E-state index contributed by atoms with van der Waals surface area (Å²) in [4.78, 5) is 27.1. The molecule has 1 amide bonds. The van der Waals surface area contributed by atoms with Crippen LogP contribution in [0, 0.1) is 0 Å². The van der Waals surface area contributed by atoms with E-state index in [1.54, 1.807) is 11.3 Å². The molecule has 0 atom stereocenters. The fourth-order valence-corrected chi connectivity index (χ4v) is 4.57. The zero-order chi connectivity index (χ0) is 18.1. The number of benzene rings is 1. The minimum Gasteiger partial charge on any atom is -0.324 e. The quantitative estimate of drug-likeness (QED) is 0.768. The fourth-order valence-electron chi connectivity index (χ4n) is 3.37. The molecular formula is C19H20N4O2S. The number of fused-ring (bicyclic) bond motifs is 3. The fraction of sp³-hybridized carbons (Fsp3) is 0.368. The molecule has 26 heavy (non-hydrogen) atoms. The van der Waals surface area contributed by atoms with Crippen molar-refractivity contribution in [1.29, 1.82) is 0 Å². The van der Waals surface area contributed by atoms with Crippen LogP contribution in [0.25, 0.3) is 10.2 Å². The monoisotopic (exact) mass is 368 g/mol. The lowest BCUT2D eigenvalue weighted by Crippen LogP contribution is -2.30. The number of aryl methyl sites for hydroxylation is 3. The van der Waals surface area contributed by atoms with Gasteiger partial charge in [-0.05, 0) is 55.4 Å². The van der Waals surface area contributed by atoms with E-state index in [1.165, 1.54) is 15.1 Å². The highest BCUT2D eigenvalue weighted by Gasteiger charge is 2.21. The van der Waals surface area contributed by atoms with Gasteiger partial charge in [0.25, 0.3) is 5.56 Å². The van der Waals surface area contributed by atoms with Crippen molar-refractivity contribution in [2.24, 2.45) is 0 Å². The zero-order valence-corrected chi connectivity index (χ0v) is 15.4. The van der Waals surface area contributed by atoms with Gasteiger partial charge in [0.1, 0.15) is 6.54 Å². The molecule has 0 radical (unpaired) electrons. The van der Waals surface area contributed by atoms with Crippen LogP contribution in [0.3, 0.4) is 0 Å². The van der Waals surface area contributed by atoms with Crippen LogP contribution in [-0.4, -0.2) is 20.9 Å². The van der Waals surface area contributed by atoms with E-state index in [4.69, 9.17) is 0 Å². The van der Waals surface area contributed by atoms with Gasteiger partial charge in [0, 0.05) is 10.6 Å². The highest BCUT2D eigenvalue weighted by molar-refractivity contribution is 7.18. The van der Waals surface area contributed by atoms with Crippen molar-refractivity contribution in [3.05, 3.63) is 50.6 Å². The van der Waals surface area contributed by atoms with Crippen LogP contribution >= 0.6 is 11.3 Å². The molecule has 6 nitrogen and oxygen atoms in total. The van der Waals surface area contributed by atoms with E-state index in [9.17, 15) is 9.59 Å². The van der Waals surface area contributed by atoms with Gasteiger partial charge >= 0.3 is 0 Å². The third-order valence-electron chi connectivity index (χ3n) is 4.78. The number of nitrogens with zero attached hydrogens (tertiary/aromatic N) is 3. The van der Waals surface area contributed by atoms with Crippen molar-refractivity contribution >= 4 is 33.1 Å². The van der Waals surface area contributed by atoms with Crippen molar-refractivity contribution in [1.82, 2.24) is 15.0 Å². The Kier molecular flexibility index (Phi) is 4.55. The van der Waals surface area contributed by atoms with Gasteiger partial charge in [0.05, 0.1) is 5.39 Å². The Morgan fingerprint density at radius 3 is 2.77 bits per heavy atom. The summed E-state index contributed by atoms with van der Waals surface area (Å²) in [5, 5.41) is 11.6. The van der Waals surface area contributed by atoms with Crippen LogP contribution < -0.4 is 10.9 Å². The summed E-state index contributed by atoms with van der Waals surface area (Å²) in [5.41, 5.74) is 2.81. The lowest BCUT2D eigenvalue weighted by Gasteiger charge is -2.10. The van der Waals surface area contributed by atoms with E-state index >= 15 is 0 Å². The smallest absolute Gasteiger partial charge is 0.279 e. The number of anilines is 1. The van der Waals surface area contributed by atoms with Gasteiger partial charge in [-0.15, -0.1) is 16.4 Å². The summed E-state index contributed by atoms with van der Waals surface area (Å²) >= 11 is 1.56. The van der Waals surface area contributed by atoms with E-state index in [0.717, 1.165) is 37.7 Å². The highest BCUT2D eigenvalue weighted by atomic mass is 32.1. The molecule has 0 saturated carbocycles. The van der Waals surface area contributed by atoms with Crippen LogP contribution in [-0.2, 0) is 30.6 Å². The minimum absolute atomic E-state index is 0.137. The molecule has 2 aromatic heterocycles. The Hall–Kier alpha value is -2.54. The first kappa shape index (κ1) is 16.9. The number of amides is 1.